The number of nitrogens with two attached hydrogens (primary N) is 1. The minimum Gasteiger partial charge on any atom is -0.369 e. The molecule has 18 heavy (non-hydrogen) atoms. The number of rotatable bonds is 3. The van der Waals surface area contributed by atoms with Crippen molar-refractivity contribution in [3.05, 3.63) is 34.9 Å². The molecule has 0 fully saturated rings. The van der Waals surface area contributed by atoms with E-state index in [0.717, 1.165) is 15.5 Å². The molecule has 0 saturated carbocycles. The van der Waals surface area contributed by atoms with Gasteiger partial charge in [0, 0.05) is 17.4 Å². The Labute approximate surface area is 111 Å². The second kappa shape index (κ2) is 4.41. The number of nitrogen functional groups attached to an aromatic ring is 1. The molecule has 0 bridgehead atoms. The van der Waals surface area contributed by atoms with Gasteiger partial charge < -0.3 is 14.8 Å². The number of fused-ring (bicyclic) bond motifs is 1. The lowest BCUT2D eigenvalue weighted by atomic mass is 10.3. The predicted octanol–water partition coefficient (Wildman–Crippen LogP) is 2.01. The maximum Gasteiger partial charge on any atom is 0.228 e. The average molecular weight is 308 g/mol. The highest BCUT2D eigenvalue weighted by Gasteiger charge is 2.09. The summed E-state index contributed by atoms with van der Waals surface area (Å²) in [5.41, 5.74) is 7.78. The van der Waals surface area contributed by atoms with Gasteiger partial charge in [0.1, 0.15) is 0 Å². The Morgan fingerprint density at radius 1 is 1.39 bits per heavy atom. The molecule has 0 unspecified atom stereocenters. The molecule has 0 aliphatic heterocycles. The van der Waals surface area contributed by atoms with E-state index in [2.05, 4.69) is 31.1 Å². The first-order chi connectivity index (χ1) is 8.74. The second-order valence-electron chi connectivity index (χ2n) is 3.84. The van der Waals surface area contributed by atoms with Crippen LogP contribution in [-0.4, -0.2) is 19.7 Å². The zero-order valence-electron chi connectivity index (χ0n) is 9.38. The Morgan fingerprint density at radius 2 is 2.28 bits per heavy atom. The van der Waals surface area contributed by atoms with Gasteiger partial charge in [0.25, 0.3) is 0 Å². The second-order valence-corrected chi connectivity index (χ2v) is 4.76. The highest BCUT2D eigenvalue weighted by atomic mass is 79.9. The average Bonchev–Trinajstić information content (AvgIpc) is 2.93. The zero-order chi connectivity index (χ0) is 12.5. The fourth-order valence-electron chi connectivity index (χ4n) is 1.87. The number of halogens is 1. The fraction of sp³-hybridized carbons (Fsp3) is 0.182. The third-order valence-electron chi connectivity index (χ3n) is 2.70. The summed E-state index contributed by atoms with van der Waals surface area (Å²) in [6, 6.07) is 5.89. The van der Waals surface area contributed by atoms with E-state index in [4.69, 9.17) is 10.3 Å². The van der Waals surface area contributed by atoms with Crippen LogP contribution in [0, 0.1) is 0 Å². The lowest BCUT2D eigenvalue weighted by Crippen LogP contribution is -2.05. The van der Waals surface area contributed by atoms with Crippen LogP contribution in [0.5, 0.6) is 0 Å². The lowest BCUT2D eigenvalue weighted by molar-refractivity contribution is 0.372. The van der Waals surface area contributed by atoms with E-state index in [0.29, 0.717) is 24.8 Å². The minimum absolute atomic E-state index is 0.489. The standard InChI is InChI=1S/C11H10BrN5O/c12-7-1-2-9-8(5-7)16-11(13)17(9)4-3-10-14-6-15-18-10/h1-2,5-6H,3-4H2,(H2,13,16). The van der Waals surface area contributed by atoms with E-state index in [9.17, 15) is 0 Å². The molecular formula is C11H10BrN5O. The van der Waals surface area contributed by atoms with Gasteiger partial charge in [0.15, 0.2) is 6.33 Å². The Kier molecular flexibility index (Phi) is 2.75. The molecule has 2 heterocycles. The highest BCUT2D eigenvalue weighted by Crippen LogP contribution is 2.22. The molecule has 0 saturated heterocycles. The smallest absolute Gasteiger partial charge is 0.228 e. The van der Waals surface area contributed by atoms with Gasteiger partial charge in [-0.3, -0.25) is 0 Å². The van der Waals surface area contributed by atoms with Crippen molar-refractivity contribution >= 4 is 32.9 Å². The molecule has 3 rings (SSSR count). The maximum absolute atomic E-state index is 5.91. The fourth-order valence-corrected chi connectivity index (χ4v) is 2.22. The van der Waals surface area contributed by atoms with E-state index < -0.39 is 0 Å². The maximum atomic E-state index is 5.91. The van der Waals surface area contributed by atoms with Crippen molar-refractivity contribution in [3.63, 3.8) is 0 Å². The number of hydrogen-bond acceptors (Lipinski definition) is 5. The minimum atomic E-state index is 0.489. The van der Waals surface area contributed by atoms with Crippen molar-refractivity contribution < 1.29 is 4.52 Å². The van der Waals surface area contributed by atoms with E-state index >= 15 is 0 Å². The molecule has 0 amide bonds. The molecular weight excluding hydrogens is 298 g/mol. The van der Waals surface area contributed by atoms with Crippen LogP contribution >= 0.6 is 15.9 Å². The lowest BCUT2D eigenvalue weighted by Gasteiger charge is -2.03. The number of nitrogens with zero attached hydrogens (tertiary/aromatic N) is 4. The van der Waals surface area contributed by atoms with Gasteiger partial charge in [-0.05, 0) is 18.2 Å². The topological polar surface area (TPSA) is 82.8 Å². The van der Waals surface area contributed by atoms with Gasteiger partial charge in [-0.15, -0.1) is 0 Å². The molecule has 7 heteroatoms. The summed E-state index contributed by atoms with van der Waals surface area (Å²) < 4.78 is 7.88. The van der Waals surface area contributed by atoms with E-state index in [-0.39, 0.29) is 0 Å². The van der Waals surface area contributed by atoms with Crippen LogP contribution in [0.4, 0.5) is 5.95 Å². The summed E-state index contributed by atoms with van der Waals surface area (Å²) >= 11 is 3.41. The first-order valence-corrected chi connectivity index (χ1v) is 6.20. The van der Waals surface area contributed by atoms with Crippen LogP contribution in [0.15, 0.2) is 33.5 Å². The van der Waals surface area contributed by atoms with Crippen LogP contribution in [0.2, 0.25) is 0 Å². The van der Waals surface area contributed by atoms with E-state index in [1.165, 1.54) is 6.33 Å². The number of hydrogen-bond donors (Lipinski definition) is 1. The molecule has 0 spiro atoms. The number of anilines is 1. The van der Waals surface area contributed by atoms with Crippen LogP contribution in [-0.2, 0) is 13.0 Å². The molecule has 2 aromatic heterocycles. The Balaban J connectivity index is 1.93. The van der Waals surface area contributed by atoms with Crippen molar-refractivity contribution in [2.24, 2.45) is 0 Å². The third-order valence-corrected chi connectivity index (χ3v) is 3.19. The first-order valence-electron chi connectivity index (χ1n) is 5.41. The number of benzene rings is 1. The van der Waals surface area contributed by atoms with Gasteiger partial charge in [0.05, 0.1) is 11.0 Å². The summed E-state index contributed by atoms with van der Waals surface area (Å²) in [5, 5.41) is 3.57. The van der Waals surface area contributed by atoms with Crippen LogP contribution in [0.25, 0.3) is 11.0 Å². The summed E-state index contributed by atoms with van der Waals surface area (Å²) in [5.74, 6) is 1.08. The Hall–Kier alpha value is -1.89. The quantitative estimate of drug-likeness (QED) is 0.800. The van der Waals surface area contributed by atoms with Crippen molar-refractivity contribution in [3.8, 4) is 0 Å². The molecule has 0 atom stereocenters. The molecule has 3 aromatic rings. The largest absolute Gasteiger partial charge is 0.369 e. The molecule has 1 aromatic carbocycles. The van der Waals surface area contributed by atoms with E-state index in [1.807, 2.05) is 22.8 Å². The van der Waals surface area contributed by atoms with Gasteiger partial charge >= 0.3 is 0 Å². The summed E-state index contributed by atoms with van der Waals surface area (Å²) in [6.45, 7) is 0.659. The number of aromatic nitrogens is 4. The first kappa shape index (κ1) is 11.2. The van der Waals surface area contributed by atoms with Gasteiger partial charge in [-0.2, -0.15) is 4.98 Å². The molecule has 0 radical (unpaired) electrons. The van der Waals surface area contributed by atoms with Gasteiger partial charge in [-0.1, -0.05) is 21.1 Å². The Bertz CT molecular complexity index is 676. The van der Waals surface area contributed by atoms with E-state index in [1.54, 1.807) is 0 Å². The molecule has 92 valence electrons. The molecule has 6 nitrogen and oxygen atoms in total. The molecule has 0 aliphatic rings. The van der Waals surface area contributed by atoms with Crippen molar-refractivity contribution in [2.75, 3.05) is 5.73 Å². The van der Waals surface area contributed by atoms with Gasteiger partial charge in [-0.25, -0.2) is 4.98 Å². The van der Waals surface area contributed by atoms with Crippen LogP contribution < -0.4 is 5.73 Å². The van der Waals surface area contributed by atoms with Crippen molar-refractivity contribution in [2.45, 2.75) is 13.0 Å². The third kappa shape index (κ3) is 1.97. The predicted molar refractivity (Wildman–Crippen MR) is 69.8 cm³/mol. The zero-order valence-corrected chi connectivity index (χ0v) is 11.0. The summed E-state index contributed by atoms with van der Waals surface area (Å²) in [4.78, 5) is 8.30. The molecule has 0 aliphatic carbocycles. The molecule has 2 N–H and O–H groups in total. The summed E-state index contributed by atoms with van der Waals surface area (Å²) in [6.07, 6.45) is 2.02. The van der Waals surface area contributed by atoms with Crippen LogP contribution in [0.3, 0.4) is 0 Å². The van der Waals surface area contributed by atoms with Gasteiger partial charge in [0.2, 0.25) is 11.8 Å². The highest BCUT2D eigenvalue weighted by molar-refractivity contribution is 9.10. The number of imidazole rings is 1. The van der Waals surface area contributed by atoms with Crippen LogP contribution in [0.1, 0.15) is 5.89 Å². The monoisotopic (exact) mass is 307 g/mol. The normalized spacial score (nSPS) is 11.2. The SMILES string of the molecule is Nc1nc2cc(Br)ccc2n1CCc1ncno1. The Morgan fingerprint density at radius 3 is 3.06 bits per heavy atom. The van der Waals surface area contributed by atoms with Crippen molar-refractivity contribution in [1.29, 1.82) is 0 Å². The summed E-state index contributed by atoms with van der Waals surface area (Å²) in [7, 11) is 0. The van der Waals surface area contributed by atoms with Crippen molar-refractivity contribution in [1.82, 2.24) is 19.7 Å². The number of aryl methyl sites for hydroxylation is 2.